The Morgan fingerprint density at radius 3 is 2.57 bits per heavy atom. The summed E-state index contributed by atoms with van der Waals surface area (Å²) in [5.74, 6) is 0.383. The molecule has 3 rings (SSSR count). The van der Waals surface area contributed by atoms with Crippen LogP contribution < -0.4 is 10.2 Å². The molecule has 2 N–H and O–H groups in total. The van der Waals surface area contributed by atoms with Gasteiger partial charge in [0.1, 0.15) is 11.5 Å². The lowest BCUT2D eigenvalue weighted by Gasteiger charge is -2.36. The minimum Gasteiger partial charge on any atom is -0.392 e. The van der Waals surface area contributed by atoms with Gasteiger partial charge < -0.3 is 15.3 Å². The molecule has 1 aromatic rings. The number of nitrogens with zero attached hydrogens (tertiary/aromatic N) is 3. The summed E-state index contributed by atoms with van der Waals surface area (Å²) in [7, 11) is 0. The number of aromatic nitrogens is 1. The molecule has 128 valence electrons. The zero-order valence-electron chi connectivity index (χ0n) is 12.8. The molecule has 2 aliphatic rings. The van der Waals surface area contributed by atoms with Gasteiger partial charge in [0.2, 0.25) is 0 Å². The van der Waals surface area contributed by atoms with Gasteiger partial charge in [-0.1, -0.05) is 6.07 Å². The largest absolute Gasteiger partial charge is 0.433 e. The van der Waals surface area contributed by atoms with Crippen LogP contribution in [0.15, 0.2) is 18.2 Å². The first kappa shape index (κ1) is 16.5. The van der Waals surface area contributed by atoms with E-state index in [1.54, 1.807) is 6.07 Å². The van der Waals surface area contributed by atoms with E-state index in [0.717, 1.165) is 32.1 Å². The summed E-state index contributed by atoms with van der Waals surface area (Å²) in [4.78, 5) is 7.91. The van der Waals surface area contributed by atoms with Gasteiger partial charge in [0.25, 0.3) is 0 Å². The van der Waals surface area contributed by atoms with Gasteiger partial charge in [0.15, 0.2) is 0 Å². The molecule has 0 aromatic carbocycles. The number of aliphatic hydroxyl groups is 1. The molecule has 2 atom stereocenters. The molecule has 0 unspecified atom stereocenters. The number of piperazine rings is 1. The molecule has 0 saturated carbocycles. The number of rotatable bonds is 3. The molecule has 5 nitrogen and oxygen atoms in total. The first-order valence-corrected chi connectivity index (χ1v) is 7.85. The van der Waals surface area contributed by atoms with Crippen molar-refractivity contribution in [2.45, 2.75) is 24.7 Å². The van der Waals surface area contributed by atoms with Gasteiger partial charge in [-0.05, 0) is 18.6 Å². The van der Waals surface area contributed by atoms with Crippen LogP contribution in [0.5, 0.6) is 0 Å². The van der Waals surface area contributed by atoms with Crippen LogP contribution in [0.3, 0.4) is 0 Å². The highest BCUT2D eigenvalue weighted by Crippen LogP contribution is 2.29. The number of alkyl halides is 3. The highest BCUT2D eigenvalue weighted by atomic mass is 19.4. The summed E-state index contributed by atoms with van der Waals surface area (Å²) >= 11 is 0. The lowest BCUT2D eigenvalue weighted by molar-refractivity contribution is -0.141. The quantitative estimate of drug-likeness (QED) is 0.864. The van der Waals surface area contributed by atoms with Crippen LogP contribution in [0.2, 0.25) is 0 Å². The van der Waals surface area contributed by atoms with E-state index in [9.17, 15) is 18.3 Å². The first-order chi connectivity index (χ1) is 10.9. The number of pyridine rings is 1. The zero-order chi connectivity index (χ0) is 16.4. The predicted octanol–water partition coefficient (Wildman–Crippen LogP) is 0.945. The van der Waals surface area contributed by atoms with Gasteiger partial charge in [-0.15, -0.1) is 0 Å². The molecule has 1 aromatic heterocycles. The fourth-order valence-electron chi connectivity index (χ4n) is 3.17. The monoisotopic (exact) mass is 330 g/mol. The van der Waals surface area contributed by atoms with E-state index in [1.165, 1.54) is 6.07 Å². The second kappa shape index (κ2) is 6.62. The van der Waals surface area contributed by atoms with Crippen LogP contribution in [0, 0.1) is 0 Å². The van der Waals surface area contributed by atoms with Crippen molar-refractivity contribution in [3.63, 3.8) is 0 Å². The Hall–Kier alpha value is -1.38. The third-order valence-electron chi connectivity index (χ3n) is 4.40. The number of anilines is 1. The maximum absolute atomic E-state index is 12.7. The van der Waals surface area contributed by atoms with E-state index in [0.29, 0.717) is 31.5 Å². The van der Waals surface area contributed by atoms with Crippen LogP contribution in [-0.2, 0) is 6.18 Å². The fourth-order valence-corrected chi connectivity index (χ4v) is 3.17. The van der Waals surface area contributed by atoms with Crippen molar-refractivity contribution in [3.05, 3.63) is 23.9 Å². The summed E-state index contributed by atoms with van der Waals surface area (Å²) < 4.78 is 38.2. The van der Waals surface area contributed by atoms with Crippen molar-refractivity contribution >= 4 is 5.82 Å². The molecule has 0 radical (unpaired) electrons. The number of β-amino-alcohol motifs (C(OH)–C–C–N with tert-alkyl or cyclic N) is 1. The van der Waals surface area contributed by atoms with Crippen LogP contribution >= 0.6 is 0 Å². The van der Waals surface area contributed by atoms with E-state index < -0.39 is 11.9 Å². The molecule has 2 saturated heterocycles. The SMILES string of the molecule is O[C@H]1CN[C@H](CN2CCN(c3cccc(C(F)(F)F)n3)CC2)C1. The molecule has 0 amide bonds. The minimum absolute atomic E-state index is 0.268. The van der Waals surface area contributed by atoms with Crippen molar-refractivity contribution in [1.82, 2.24) is 15.2 Å². The molecular formula is C15H21F3N4O. The third kappa shape index (κ3) is 4.13. The number of hydrogen-bond acceptors (Lipinski definition) is 5. The van der Waals surface area contributed by atoms with E-state index in [1.807, 2.05) is 4.90 Å². The molecule has 0 bridgehead atoms. The Morgan fingerprint density at radius 1 is 1.22 bits per heavy atom. The van der Waals surface area contributed by atoms with E-state index in [4.69, 9.17) is 0 Å². The first-order valence-electron chi connectivity index (χ1n) is 7.85. The zero-order valence-corrected chi connectivity index (χ0v) is 12.8. The highest BCUT2D eigenvalue weighted by molar-refractivity contribution is 5.40. The maximum Gasteiger partial charge on any atom is 0.433 e. The Balaban J connectivity index is 1.54. The summed E-state index contributed by atoms with van der Waals surface area (Å²) in [6.45, 7) is 4.38. The van der Waals surface area contributed by atoms with Crippen molar-refractivity contribution < 1.29 is 18.3 Å². The van der Waals surface area contributed by atoms with E-state index >= 15 is 0 Å². The summed E-state index contributed by atoms with van der Waals surface area (Å²) in [6, 6.07) is 4.32. The van der Waals surface area contributed by atoms with Gasteiger partial charge in [0, 0.05) is 45.3 Å². The third-order valence-corrected chi connectivity index (χ3v) is 4.40. The van der Waals surface area contributed by atoms with Crippen LogP contribution in [-0.4, -0.2) is 66.4 Å². The number of halogens is 3. The molecule has 2 aliphatic heterocycles. The van der Waals surface area contributed by atoms with Crippen LogP contribution in [0.4, 0.5) is 19.0 Å². The van der Waals surface area contributed by atoms with Gasteiger partial charge in [-0.25, -0.2) is 4.98 Å². The highest BCUT2D eigenvalue weighted by Gasteiger charge is 2.33. The second-order valence-electron chi connectivity index (χ2n) is 6.16. The number of aliphatic hydroxyl groups excluding tert-OH is 1. The molecule has 8 heteroatoms. The van der Waals surface area contributed by atoms with Crippen molar-refractivity contribution in [2.75, 3.05) is 44.2 Å². The summed E-state index contributed by atoms with van der Waals surface area (Å²) in [5.41, 5.74) is -0.846. The Morgan fingerprint density at radius 2 is 1.96 bits per heavy atom. The normalized spacial score (nSPS) is 26.7. The standard InChI is InChI=1S/C15H21F3N4O/c16-15(17,18)13-2-1-3-14(20-13)22-6-4-21(5-7-22)10-11-8-12(23)9-19-11/h1-3,11-12,19,23H,4-10H2/t11-,12+/m0/s1. The molecule has 2 fully saturated rings. The summed E-state index contributed by atoms with van der Waals surface area (Å²) in [6.07, 6.45) is -3.92. The van der Waals surface area contributed by atoms with E-state index in [2.05, 4.69) is 15.2 Å². The smallest absolute Gasteiger partial charge is 0.392 e. The second-order valence-corrected chi connectivity index (χ2v) is 6.16. The van der Waals surface area contributed by atoms with E-state index in [-0.39, 0.29) is 6.10 Å². The lowest BCUT2D eigenvalue weighted by Crippen LogP contribution is -2.50. The Labute approximate surface area is 133 Å². The molecule has 0 aliphatic carbocycles. The lowest BCUT2D eigenvalue weighted by atomic mass is 10.2. The average molecular weight is 330 g/mol. The van der Waals surface area contributed by atoms with Crippen LogP contribution in [0.1, 0.15) is 12.1 Å². The fraction of sp³-hybridized carbons (Fsp3) is 0.667. The molecule has 23 heavy (non-hydrogen) atoms. The predicted molar refractivity (Wildman–Crippen MR) is 80.3 cm³/mol. The molecule has 0 spiro atoms. The van der Waals surface area contributed by atoms with Gasteiger partial charge >= 0.3 is 6.18 Å². The topological polar surface area (TPSA) is 51.6 Å². The van der Waals surface area contributed by atoms with Gasteiger partial charge in [-0.3, -0.25) is 4.90 Å². The average Bonchev–Trinajstić information content (AvgIpc) is 2.92. The van der Waals surface area contributed by atoms with Gasteiger partial charge in [0.05, 0.1) is 6.10 Å². The van der Waals surface area contributed by atoms with Crippen molar-refractivity contribution in [2.24, 2.45) is 0 Å². The molecular weight excluding hydrogens is 309 g/mol. The molecule has 3 heterocycles. The Kier molecular flexibility index (Phi) is 4.74. The number of nitrogens with one attached hydrogen (secondary N) is 1. The maximum atomic E-state index is 12.7. The number of hydrogen-bond donors (Lipinski definition) is 2. The summed E-state index contributed by atoms with van der Waals surface area (Å²) in [5, 5.41) is 12.8. The Bertz CT molecular complexity index is 532. The van der Waals surface area contributed by atoms with Crippen molar-refractivity contribution in [1.29, 1.82) is 0 Å². The minimum atomic E-state index is -4.41. The van der Waals surface area contributed by atoms with Gasteiger partial charge in [-0.2, -0.15) is 13.2 Å². The van der Waals surface area contributed by atoms with Crippen LogP contribution in [0.25, 0.3) is 0 Å². The van der Waals surface area contributed by atoms with Crippen molar-refractivity contribution in [3.8, 4) is 0 Å².